The van der Waals surface area contributed by atoms with Crippen LogP contribution in [-0.4, -0.2) is 29.2 Å². The lowest BCUT2D eigenvalue weighted by Crippen LogP contribution is -2.28. The molecule has 0 radical (unpaired) electrons. The summed E-state index contributed by atoms with van der Waals surface area (Å²) in [7, 11) is 1.07. The number of ether oxygens (including phenoxy) is 2. The monoisotopic (exact) mass is 336 g/mol. The zero-order valence-electron chi connectivity index (χ0n) is 12.6. The molecule has 1 aromatic carbocycles. The fraction of sp³-hybridized carbons (Fsp3) is 0.200. The van der Waals surface area contributed by atoms with E-state index in [4.69, 9.17) is 4.74 Å². The van der Waals surface area contributed by atoms with Crippen molar-refractivity contribution in [1.82, 2.24) is 4.57 Å². The second kappa shape index (κ2) is 7.36. The highest BCUT2D eigenvalue weighted by Gasteiger charge is 2.19. The van der Waals surface area contributed by atoms with Gasteiger partial charge in [-0.25, -0.2) is 9.18 Å². The Labute approximate surface area is 135 Å². The topological polar surface area (TPSA) is 101 Å². The molecule has 1 aromatic heterocycles. The van der Waals surface area contributed by atoms with Crippen molar-refractivity contribution in [1.29, 1.82) is 0 Å². The maximum Gasteiger partial charge on any atom is 0.343 e. The van der Waals surface area contributed by atoms with E-state index in [2.05, 4.69) is 4.74 Å². The third kappa shape index (κ3) is 3.94. The summed E-state index contributed by atoms with van der Waals surface area (Å²) in [5.74, 6) is -1.00. The second-order valence-electron chi connectivity index (χ2n) is 4.66. The molecule has 1 heterocycles. The van der Waals surface area contributed by atoms with Crippen LogP contribution in [0.15, 0.2) is 41.3 Å². The van der Waals surface area contributed by atoms with E-state index < -0.39 is 33.5 Å². The molecule has 24 heavy (non-hydrogen) atoms. The fourth-order valence-corrected chi connectivity index (χ4v) is 1.93. The third-order valence-corrected chi connectivity index (χ3v) is 3.10. The van der Waals surface area contributed by atoms with Gasteiger partial charge in [-0.05, 0) is 24.3 Å². The Morgan fingerprint density at radius 3 is 2.58 bits per heavy atom. The molecule has 0 aliphatic rings. The van der Waals surface area contributed by atoms with Crippen LogP contribution in [0.4, 0.5) is 10.1 Å². The smallest absolute Gasteiger partial charge is 0.343 e. The van der Waals surface area contributed by atoms with Gasteiger partial charge in [0.1, 0.15) is 23.7 Å². The lowest BCUT2D eigenvalue weighted by molar-refractivity contribution is -0.385. The predicted octanol–water partition coefficient (Wildman–Crippen LogP) is 1.76. The highest BCUT2D eigenvalue weighted by molar-refractivity contribution is 5.89. The summed E-state index contributed by atoms with van der Waals surface area (Å²) in [4.78, 5) is 33.9. The standard InChI is InChI=1S/C15H13FN2O6/c1-23-15(20)13-8-11(18(21)22)9-17(14(13)19)6-7-24-12-4-2-10(16)3-5-12/h2-5,8-9H,6-7H2,1H3. The van der Waals surface area contributed by atoms with Gasteiger partial charge in [0.15, 0.2) is 0 Å². The number of nitro groups is 1. The number of halogens is 1. The molecule has 126 valence electrons. The molecular weight excluding hydrogens is 323 g/mol. The molecule has 0 atom stereocenters. The molecule has 2 aromatic rings. The summed E-state index contributed by atoms with van der Waals surface area (Å²) in [6, 6.07) is 6.11. The van der Waals surface area contributed by atoms with Crippen LogP contribution in [0.5, 0.6) is 5.75 Å². The van der Waals surface area contributed by atoms with Crippen LogP contribution in [0, 0.1) is 15.9 Å². The molecule has 0 fully saturated rings. The first-order chi connectivity index (χ1) is 11.4. The number of benzene rings is 1. The van der Waals surface area contributed by atoms with Gasteiger partial charge >= 0.3 is 5.97 Å². The lowest BCUT2D eigenvalue weighted by atomic mass is 10.2. The van der Waals surface area contributed by atoms with Gasteiger partial charge in [0, 0.05) is 6.07 Å². The second-order valence-corrected chi connectivity index (χ2v) is 4.66. The van der Waals surface area contributed by atoms with Crippen LogP contribution in [0.2, 0.25) is 0 Å². The van der Waals surface area contributed by atoms with Crippen molar-refractivity contribution in [3.8, 4) is 5.75 Å². The Hall–Kier alpha value is -3.23. The molecule has 9 heteroatoms. The molecule has 0 aliphatic heterocycles. The van der Waals surface area contributed by atoms with E-state index in [0.29, 0.717) is 5.75 Å². The van der Waals surface area contributed by atoms with E-state index in [1.54, 1.807) is 0 Å². The zero-order valence-corrected chi connectivity index (χ0v) is 12.6. The van der Waals surface area contributed by atoms with Gasteiger partial charge in [0.25, 0.3) is 11.2 Å². The Morgan fingerprint density at radius 2 is 2.00 bits per heavy atom. The molecule has 0 saturated heterocycles. The highest BCUT2D eigenvalue weighted by Crippen LogP contribution is 2.13. The van der Waals surface area contributed by atoms with Gasteiger partial charge in [-0.2, -0.15) is 0 Å². The van der Waals surface area contributed by atoms with Crippen molar-refractivity contribution in [2.75, 3.05) is 13.7 Å². The quantitative estimate of drug-likeness (QED) is 0.453. The number of rotatable bonds is 6. The Balaban J connectivity index is 2.20. The van der Waals surface area contributed by atoms with Gasteiger partial charge < -0.3 is 14.0 Å². The van der Waals surface area contributed by atoms with Crippen LogP contribution in [-0.2, 0) is 11.3 Å². The maximum absolute atomic E-state index is 12.8. The van der Waals surface area contributed by atoms with E-state index in [1.165, 1.54) is 24.3 Å². The summed E-state index contributed by atoms with van der Waals surface area (Å²) in [6.45, 7) is -0.0464. The number of carbonyl (C=O) groups excluding carboxylic acids is 1. The minimum absolute atomic E-state index is 0.00663. The molecule has 8 nitrogen and oxygen atoms in total. The Morgan fingerprint density at radius 1 is 1.33 bits per heavy atom. The van der Waals surface area contributed by atoms with Gasteiger partial charge in [-0.1, -0.05) is 0 Å². The minimum Gasteiger partial charge on any atom is -0.492 e. The number of hydrogen-bond acceptors (Lipinski definition) is 6. The molecule has 0 spiro atoms. The molecule has 0 saturated carbocycles. The van der Waals surface area contributed by atoms with Crippen molar-refractivity contribution >= 4 is 11.7 Å². The largest absolute Gasteiger partial charge is 0.492 e. The van der Waals surface area contributed by atoms with E-state index in [-0.39, 0.29) is 13.2 Å². The van der Waals surface area contributed by atoms with E-state index in [0.717, 1.165) is 23.9 Å². The Kier molecular flexibility index (Phi) is 5.25. The summed E-state index contributed by atoms with van der Waals surface area (Å²) >= 11 is 0. The molecule has 0 bridgehead atoms. The van der Waals surface area contributed by atoms with E-state index in [1.807, 2.05) is 0 Å². The molecule has 2 rings (SSSR count). The molecule has 0 aliphatic carbocycles. The molecule has 0 N–H and O–H groups in total. The normalized spacial score (nSPS) is 10.2. The van der Waals surface area contributed by atoms with Gasteiger partial charge in [-0.15, -0.1) is 0 Å². The zero-order chi connectivity index (χ0) is 17.7. The third-order valence-electron chi connectivity index (χ3n) is 3.10. The van der Waals surface area contributed by atoms with Crippen molar-refractivity contribution in [2.24, 2.45) is 0 Å². The predicted molar refractivity (Wildman–Crippen MR) is 80.6 cm³/mol. The van der Waals surface area contributed by atoms with Crippen molar-refractivity contribution < 1.29 is 23.6 Å². The highest BCUT2D eigenvalue weighted by atomic mass is 19.1. The number of esters is 1. The molecule has 0 amide bonds. The summed E-state index contributed by atoms with van der Waals surface area (Å²) in [5.41, 5.74) is -1.58. The number of aromatic nitrogens is 1. The van der Waals surface area contributed by atoms with Crippen LogP contribution < -0.4 is 10.3 Å². The van der Waals surface area contributed by atoms with Crippen LogP contribution >= 0.6 is 0 Å². The summed E-state index contributed by atoms with van der Waals surface area (Å²) < 4.78 is 23.6. The Bertz CT molecular complexity index is 816. The maximum atomic E-state index is 12.8. The first kappa shape index (κ1) is 17.1. The fourth-order valence-electron chi connectivity index (χ4n) is 1.93. The molecule has 0 unspecified atom stereocenters. The van der Waals surface area contributed by atoms with Crippen LogP contribution in [0.25, 0.3) is 0 Å². The minimum atomic E-state index is -0.961. The molecular formula is C15H13FN2O6. The van der Waals surface area contributed by atoms with E-state index in [9.17, 15) is 24.1 Å². The first-order valence-corrected chi connectivity index (χ1v) is 6.78. The number of methoxy groups -OCH3 is 1. The number of carbonyl (C=O) groups is 1. The van der Waals surface area contributed by atoms with E-state index >= 15 is 0 Å². The van der Waals surface area contributed by atoms with Crippen molar-refractivity contribution in [3.63, 3.8) is 0 Å². The van der Waals surface area contributed by atoms with Crippen LogP contribution in [0.3, 0.4) is 0 Å². The van der Waals surface area contributed by atoms with Gasteiger partial charge in [0.05, 0.1) is 24.8 Å². The lowest BCUT2D eigenvalue weighted by Gasteiger charge is -2.09. The number of hydrogen-bond donors (Lipinski definition) is 0. The SMILES string of the molecule is COC(=O)c1cc([N+](=O)[O-])cn(CCOc2ccc(F)cc2)c1=O. The van der Waals surface area contributed by atoms with Crippen molar-refractivity contribution in [2.45, 2.75) is 6.54 Å². The summed E-state index contributed by atoms with van der Waals surface area (Å²) in [5, 5.41) is 10.9. The number of pyridine rings is 1. The average molecular weight is 336 g/mol. The first-order valence-electron chi connectivity index (χ1n) is 6.78. The van der Waals surface area contributed by atoms with Crippen molar-refractivity contribution in [3.05, 3.63) is 68.4 Å². The van der Waals surface area contributed by atoms with Gasteiger partial charge in [0.2, 0.25) is 0 Å². The van der Waals surface area contributed by atoms with Gasteiger partial charge in [-0.3, -0.25) is 14.9 Å². The average Bonchev–Trinajstić information content (AvgIpc) is 2.57. The van der Waals surface area contributed by atoms with Crippen LogP contribution in [0.1, 0.15) is 10.4 Å². The number of nitrogens with zero attached hydrogens (tertiary/aromatic N) is 2. The summed E-state index contributed by atoms with van der Waals surface area (Å²) in [6.07, 6.45) is 1.02.